The molecule has 0 aliphatic carbocycles. The molecule has 0 atom stereocenters. The lowest BCUT2D eigenvalue weighted by Gasteiger charge is -2.28. The molecule has 0 saturated heterocycles. The topological polar surface area (TPSA) is 20.2 Å². The predicted octanol–water partition coefficient (Wildman–Crippen LogP) is 4.69. The van der Waals surface area contributed by atoms with E-state index in [4.69, 9.17) is 0 Å². The fourth-order valence-corrected chi connectivity index (χ4v) is 3.59. The van der Waals surface area contributed by atoms with Gasteiger partial charge in [-0.3, -0.25) is 0 Å². The molecule has 0 radical (unpaired) electrons. The van der Waals surface area contributed by atoms with Crippen molar-refractivity contribution in [2.75, 3.05) is 0 Å². The molecule has 0 amide bonds. The van der Waals surface area contributed by atoms with Gasteiger partial charge in [-0.05, 0) is 29.7 Å². The molecule has 0 saturated carbocycles. The van der Waals surface area contributed by atoms with Crippen molar-refractivity contribution in [3.63, 3.8) is 0 Å². The van der Waals surface area contributed by atoms with Crippen molar-refractivity contribution in [2.24, 2.45) is 0 Å². The van der Waals surface area contributed by atoms with Crippen LogP contribution in [0.25, 0.3) is 10.1 Å². The Kier molecular flexibility index (Phi) is 3.85. The highest BCUT2D eigenvalue weighted by atomic mass is 32.1. The average Bonchev–Trinajstić information content (AvgIpc) is 2.77. The molecule has 1 N–H and O–H groups in total. The minimum absolute atomic E-state index is 0.645. The van der Waals surface area contributed by atoms with Crippen LogP contribution in [0.2, 0.25) is 0 Å². The zero-order valence-corrected chi connectivity index (χ0v) is 11.4. The molecule has 1 aromatic heterocycles. The van der Waals surface area contributed by atoms with Crippen molar-refractivity contribution in [3.8, 4) is 0 Å². The van der Waals surface area contributed by atoms with Gasteiger partial charge in [0.15, 0.2) is 0 Å². The van der Waals surface area contributed by atoms with Gasteiger partial charge in [0.25, 0.3) is 0 Å². The Hall–Kier alpha value is -0.860. The van der Waals surface area contributed by atoms with E-state index in [-0.39, 0.29) is 0 Å². The third kappa shape index (κ3) is 2.38. The minimum atomic E-state index is -0.645. The summed E-state index contributed by atoms with van der Waals surface area (Å²) in [5.74, 6) is 0. The second-order valence-electron chi connectivity index (χ2n) is 4.68. The first-order chi connectivity index (χ1) is 8.21. The monoisotopic (exact) mass is 248 g/mol. The third-order valence-electron chi connectivity index (χ3n) is 3.31. The number of aliphatic hydroxyl groups is 1. The van der Waals surface area contributed by atoms with Gasteiger partial charge in [-0.15, -0.1) is 11.3 Å². The van der Waals surface area contributed by atoms with Gasteiger partial charge in [-0.25, -0.2) is 0 Å². The lowest BCUT2D eigenvalue weighted by molar-refractivity contribution is 0.0186. The highest BCUT2D eigenvalue weighted by Gasteiger charge is 2.29. The van der Waals surface area contributed by atoms with Crippen LogP contribution in [0.3, 0.4) is 0 Å². The van der Waals surface area contributed by atoms with Gasteiger partial charge in [-0.2, -0.15) is 0 Å². The zero-order valence-electron chi connectivity index (χ0n) is 10.6. The van der Waals surface area contributed by atoms with Crippen LogP contribution in [0, 0.1) is 0 Å². The van der Waals surface area contributed by atoms with Crippen LogP contribution in [0.4, 0.5) is 0 Å². The Morgan fingerprint density at radius 1 is 1.12 bits per heavy atom. The fraction of sp³-hybridized carbons (Fsp3) is 0.467. The lowest BCUT2D eigenvalue weighted by atomic mass is 9.85. The summed E-state index contributed by atoms with van der Waals surface area (Å²) < 4.78 is 1.25. The molecule has 2 rings (SSSR count). The average molecular weight is 248 g/mol. The SMILES string of the molecule is CCCC(O)(CCC)c1cccc2ccsc12. The quantitative estimate of drug-likeness (QED) is 0.814. The van der Waals surface area contributed by atoms with Crippen molar-refractivity contribution < 1.29 is 5.11 Å². The summed E-state index contributed by atoms with van der Waals surface area (Å²) in [4.78, 5) is 0. The van der Waals surface area contributed by atoms with Crippen LogP contribution in [0.1, 0.15) is 45.1 Å². The summed E-state index contributed by atoms with van der Waals surface area (Å²) in [5.41, 5.74) is 0.474. The van der Waals surface area contributed by atoms with Crippen LogP contribution in [0.15, 0.2) is 29.6 Å². The molecular weight excluding hydrogens is 228 g/mol. The summed E-state index contributed by atoms with van der Waals surface area (Å²) in [7, 11) is 0. The molecule has 1 aromatic carbocycles. The molecule has 17 heavy (non-hydrogen) atoms. The van der Waals surface area contributed by atoms with E-state index in [1.807, 2.05) is 0 Å². The molecule has 0 aliphatic rings. The van der Waals surface area contributed by atoms with Gasteiger partial charge < -0.3 is 5.11 Å². The van der Waals surface area contributed by atoms with Crippen molar-refractivity contribution in [3.05, 3.63) is 35.2 Å². The Bertz CT molecular complexity index is 480. The number of hydrogen-bond donors (Lipinski definition) is 1. The first-order valence-corrected chi connectivity index (χ1v) is 7.28. The predicted molar refractivity (Wildman–Crippen MR) is 75.5 cm³/mol. The number of thiophene rings is 1. The highest BCUT2D eigenvalue weighted by Crippen LogP contribution is 2.38. The Morgan fingerprint density at radius 2 is 1.82 bits per heavy atom. The Morgan fingerprint density at radius 3 is 2.47 bits per heavy atom. The molecule has 1 heterocycles. The first-order valence-electron chi connectivity index (χ1n) is 6.40. The van der Waals surface area contributed by atoms with Crippen LogP contribution in [-0.2, 0) is 5.60 Å². The van der Waals surface area contributed by atoms with Crippen molar-refractivity contribution in [2.45, 2.75) is 45.1 Å². The minimum Gasteiger partial charge on any atom is -0.385 e. The van der Waals surface area contributed by atoms with E-state index in [2.05, 4.69) is 43.5 Å². The fourth-order valence-electron chi connectivity index (χ4n) is 2.58. The zero-order chi connectivity index (χ0) is 12.3. The Balaban J connectivity index is 2.51. The molecule has 0 unspecified atom stereocenters. The summed E-state index contributed by atoms with van der Waals surface area (Å²) in [5, 5.41) is 14.3. The van der Waals surface area contributed by atoms with Gasteiger partial charge in [0, 0.05) is 10.3 Å². The van der Waals surface area contributed by atoms with E-state index in [1.54, 1.807) is 11.3 Å². The molecule has 2 aromatic rings. The van der Waals surface area contributed by atoms with Crippen LogP contribution in [-0.4, -0.2) is 5.11 Å². The van der Waals surface area contributed by atoms with Gasteiger partial charge in [0.1, 0.15) is 0 Å². The lowest BCUT2D eigenvalue weighted by Crippen LogP contribution is -2.25. The maximum absolute atomic E-state index is 10.9. The van der Waals surface area contributed by atoms with E-state index in [0.717, 1.165) is 31.2 Å². The van der Waals surface area contributed by atoms with Gasteiger partial charge >= 0.3 is 0 Å². The summed E-state index contributed by atoms with van der Waals surface area (Å²) in [6.07, 6.45) is 3.71. The standard InChI is InChI=1S/C15H20OS/c1-3-9-15(16,10-4-2)13-7-5-6-12-8-11-17-14(12)13/h5-8,11,16H,3-4,9-10H2,1-2H3. The normalized spacial score (nSPS) is 12.2. The maximum atomic E-state index is 10.9. The third-order valence-corrected chi connectivity index (χ3v) is 4.27. The smallest absolute Gasteiger partial charge is 0.0910 e. The van der Waals surface area contributed by atoms with Crippen LogP contribution >= 0.6 is 11.3 Å². The first kappa shape index (κ1) is 12.6. The van der Waals surface area contributed by atoms with Crippen LogP contribution < -0.4 is 0 Å². The summed E-state index contributed by atoms with van der Waals surface area (Å²) in [6, 6.07) is 8.39. The van der Waals surface area contributed by atoms with Crippen molar-refractivity contribution in [1.29, 1.82) is 0 Å². The maximum Gasteiger partial charge on any atom is 0.0910 e. The number of rotatable bonds is 5. The number of fused-ring (bicyclic) bond motifs is 1. The largest absolute Gasteiger partial charge is 0.385 e. The summed E-state index contributed by atoms with van der Waals surface area (Å²) in [6.45, 7) is 4.27. The van der Waals surface area contributed by atoms with Gasteiger partial charge in [-0.1, -0.05) is 44.9 Å². The van der Waals surface area contributed by atoms with E-state index >= 15 is 0 Å². The molecule has 0 fully saturated rings. The van der Waals surface area contributed by atoms with E-state index in [1.165, 1.54) is 10.1 Å². The van der Waals surface area contributed by atoms with Crippen molar-refractivity contribution >= 4 is 21.4 Å². The highest BCUT2D eigenvalue weighted by molar-refractivity contribution is 7.17. The van der Waals surface area contributed by atoms with Gasteiger partial charge in [0.2, 0.25) is 0 Å². The molecule has 0 bridgehead atoms. The van der Waals surface area contributed by atoms with E-state index in [0.29, 0.717) is 0 Å². The molecule has 92 valence electrons. The van der Waals surface area contributed by atoms with E-state index < -0.39 is 5.60 Å². The molecule has 0 aliphatic heterocycles. The molecule has 1 nitrogen and oxygen atoms in total. The number of benzene rings is 1. The molecule has 0 spiro atoms. The Labute approximate surface area is 107 Å². The van der Waals surface area contributed by atoms with Crippen molar-refractivity contribution in [1.82, 2.24) is 0 Å². The molecule has 2 heteroatoms. The summed E-state index contributed by atoms with van der Waals surface area (Å²) >= 11 is 1.73. The second-order valence-corrected chi connectivity index (χ2v) is 5.59. The van der Waals surface area contributed by atoms with E-state index in [9.17, 15) is 5.11 Å². The van der Waals surface area contributed by atoms with Gasteiger partial charge in [0.05, 0.1) is 5.60 Å². The number of hydrogen-bond acceptors (Lipinski definition) is 2. The molecular formula is C15H20OS. The second kappa shape index (κ2) is 5.19. The van der Waals surface area contributed by atoms with Crippen LogP contribution in [0.5, 0.6) is 0 Å².